The van der Waals surface area contributed by atoms with Gasteiger partial charge in [-0.1, -0.05) is 42.5 Å². The maximum Gasteiger partial charge on any atom is 0.386 e. The molecule has 0 aliphatic carbocycles. The summed E-state index contributed by atoms with van der Waals surface area (Å²) in [6.07, 6.45) is 0. The number of rotatable bonds is 4. The Morgan fingerprint density at radius 3 is 2.44 bits per heavy atom. The molecule has 0 aliphatic heterocycles. The molecule has 0 saturated carbocycles. The lowest BCUT2D eigenvalue weighted by Gasteiger charge is -2.08. The molecule has 3 heteroatoms. The molecule has 18 heavy (non-hydrogen) atoms. The summed E-state index contributed by atoms with van der Waals surface area (Å²) in [5.74, 6) is 0.185. The Hall–Kier alpha value is -2.60. The fraction of sp³-hybridized carbons (Fsp3) is 0.0667. The standard InChI is InChI=1S/C15H11NO2/c1-16-15(17)14-10-6-5-7-12(14)11-18-13-8-3-2-4-9-13/h2-10H,11H2. The number of hydrogen-bond acceptors (Lipinski definition) is 2. The number of para-hydroxylation sites is 1. The summed E-state index contributed by atoms with van der Waals surface area (Å²) in [5.41, 5.74) is 1.13. The fourth-order valence-corrected chi connectivity index (χ4v) is 1.59. The van der Waals surface area contributed by atoms with Crippen molar-refractivity contribution in [2.45, 2.75) is 6.61 Å². The van der Waals surface area contributed by atoms with Gasteiger partial charge in [-0.15, -0.1) is 0 Å². The summed E-state index contributed by atoms with van der Waals surface area (Å²) in [7, 11) is 0. The predicted octanol–water partition coefficient (Wildman–Crippen LogP) is 3.33. The zero-order chi connectivity index (χ0) is 12.8. The van der Waals surface area contributed by atoms with E-state index in [-0.39, 0.29) is 6.61 Å². The van der Waals surface area contributed by atoms with Gasteiger partial charge in [0.15, 0.2) is 0 Å². The second-order valence-corrected chi connectivity index (χ2v) is 3.68. The monoisotopic (exact) mass is 237 g/mol. The SMILES string of the molecule is [C-]#[N+]C(=O)c1ccccc1COc1ccccc1. The van der Waals surface area contributed by atoms with Gasteiger partial charge in [-0.3, -0.25) is 0 Å². The van der Waals surface area contributed by atoms with E-state index in [9.17, 15) is 4.79 Å². The third-order valence-electron chi connectivity index (χ3n) is 2.49. The van der Waals surface area contributed by atoms with Gasteiger partial charge in [0.05, 0.1) is 6.57 Å². The first-order valence-corrected chi connectivity index (χ1v) is 5.49. The maximum absolute atomic E-state index is 11.4. The molecule has 0 spiro atoms. The van der Waals surface area contributed by atoms with Crippen molar-refractivity contribution in [1.82, 2.24) is 0 Å². The molecule has 0 radical (unpaired) electrons. The Balaban J connectivity index is 2.15. The van der Waals surface area contributed by atoms with Crippen LogP contribution >= 0.6 is 0 Å². The molecule has 0 saturated heterocycles. The first-order chi connectivity index (χ1) is 8.81. The highest BCUT2D eigenvalue weighted by atomic mass is 16.5. The van der Waals surface area contributed by atoms with Crippen molar-refractivity contribution in [1.29, 1.82) is 0 Å². The lowest BCUT2D eigenvalue weighted by molar-refractivity contribution is 0.104. The molecule has 0 heterocycles. The fourth-order valence-electron chi connectivity index (χ4n) is 1.59. The van der Waals surface area contributed by atoms with Crippen molar-refractivity contribution >= 4 is 5.91 Å². The van der Waals surface area contributed by atoms with Crippen LogP contribution in [0.15, 0.2) is 54.6 Å². The van der Waals surface area contributed by atoms with Gasteiger partial charge in [-0.2, -0.15) is 4.85 Å². The minimum atomic E-state index is -0.553. The Kier molecular flexibility index (Phi) is 3.72. The Morgan fingerprint density at radius 1 is 1.06 bits per heavy atom. The van der Waals surface area contributed by atoms with E-state index in [0.29, 0.717) is 5.56 Å². The van der Waals surface area contributed by atoms with E-state index in [4.69, 9.17) is 11.3 Å². The van der Waals surface area contributed by atoms with Crippen LogP contribution in [0.5, 0.6) is 5.75 Å². The molecule has 0 fully saturated rings. The van der Waals surface area contributed by atoms with Crippen LogP contribution in [0.25, 0.3) is 4.85 Å². The summed E-state index contributed by atoms with van der Waals surface area (Å²) in [6.45, 7) is 7.05. The summed E-state index contributed by atoms with van der Waals surface area (Å²) in [6, 6.07) is 16.4. The van der Waals surface area contributed by atoms with Gasteiger partial charge in [-0.25, -0.2) is 0 Å². The zero-order valence-corrected chi connectivity index (χ0v) is 9.67. The van der Waals surface area contributed by atoms with E-state index in [2.05, 4.69) is 4.85 Å². The first kappa shape index (κ1) is 11.9. The average Bonchev–Trinajstić information content (AvgIpc) is 2.45. The lowest BCUT2D eigenvalue weighted by Crippen LogP contribution is -2.03. The van der Waals surface area contributed by atoms with Gasteiger partial charge < -0.3 is 9.53 Å². The van der Waals surface area contributed by atoms with Crippen LogP contribution in [0.1, 0.15) is 15.9 Å². The van der Waals surface area contributed by atoms with Gasteiger partial charge in [0, 0.05) is 5.56 Å². The number of carbonyl (C=O) groups excluding carboxylic acids is 1. The van der Waals surface area contributed by atoms with Gasteiger partial charge in [0.2, 0.25) is 0 Å². The molecule has 1 amide bonds. The number of benzene rings is 2. The van der Waals surface area contributed by atoms with Crippen molar-refractivity contribution < 1.29 is 9.53 Å². The Morgan fingerprint density at radius 2 is 1.72 bits per heavy atom. The van der Waals surface area contributed by atoms with Crippen molar-refractivity contribution in [3.63, 3.8) is 0 Å². The van der Waals surface area contributed by atoms with Crippen LogP contribution < -0.4 is 4.74 Å². The molecule has 0 N–H and O–H groups in total. The van der Waals surface area contributed by atoms with Crippen LogP contribution in [0.2, 0.25) is 0 Å². The second kappa shape index (κ2) is 5.65. The molecular weight excluding hydrogens is 226 g/mol. The Labute approximate surface area is 105 Å². The van der Waals surface area contributed by atoms with Crippen molar-refractivity contribution in [3.8, 4) is 5.75 Å². The number of nitrogens with zero attached hydrogens (tertiary/aromatic N) is 1. The van der Waals surface area contributed by atoms with Gasteiger partial charge in [0.1, 0.15) is 12.4 Å². The topological polar surface area (TPSA) is 30.7 Å². The molecule has 0 atom stereocenters. The van der Waals surface area contributed by atoms with Crippen molar-refractivity contribution in [2.24, 2.45) is 0 Å². The van der Waals surface area contributed by atoms with Crippen molar-refractivity contribution in [2.75, 3.05) is 0 Å². The zero-order valence-electron chi connectivity index (χ0n) is 9.67. The van der Waals surface area contributed by atoms with E-state index >= 15 is 0 Å². The van der Waals surface area contributed by atoms with Crippen LogP contribution in [0, 0.1) is 6.57 Å². The molecule has 2 aromatic carbocycles. The normalized spacial score (nSPS) is 9.50. The van der Waals surface area contributed by atoms with E-state index in [1.807, 2.05) is 36.4 Å². The van der Waals surface area contributed by atoms with E-state index < -0.39 is 5.91 Å². The third kappa shape index (κ3) is 2.74. The molecule has 2 aromatic rings. The number of amides is 1. The van der Waals surface area contributed by atoms with Gasteiger partial charge in [0.25, 0.3) is 0 Å². The molecule has 2 rings (SSSR count). The molecule has 0 aliphatic rings. The number of ether oxygens (including phenoxy) is 1. The minimum absolute atomic E-state index is 0.279. The summed E-state index contributed by atoms with van der Waals surface area (Å²) < 4.78 is 5.57. The summed E-state index contributed by atoms with van der Waals surface area (Å²) >= 11 is 0. The third-order valence-corrected chi connectivity index (χ3v) is 2.49. The van der Waals surface area contributed by atoms with Crippen LogP contribution in [-0.2, 0) is 6.61 Å². The number of carbonyl (C=O) groups is 1. The van der Waals surface area contributed by atoms with Gasteiger partial charge >= 0.3 is 5.91 Å². The molecule has 0 unspecified atom stereocenters. The van der Waals surface area contributed by atoms with E-state index in [0.717, 1.165) is 11.3 Å². The molecule has 0 bridgehead atoms. The molecule has 0 aromatic heterocycles. The van der Waals surface area contributed by atoms with E-state index in [1.165, 1.54) is 0 Å². The predicted molar refractivity (Wildman–Crippen MR) is 68.1 cm³/mol. The minimum Gasteiger partial charge on any atom is -0.489 e. The highest BCUT2D eigenvalue weighted by molar-refractivity contribution is 6.02. The maximum atomic E-state index is 11.4. The van der Waals surface area contributed by atoms with Crippen LogP contribution in [-0.4, -0.2) is 5.91 Å². The highest BCUT2D eigenvalue weighted by Crippen LogP contribution is 2.15. The first-order valence-electron chi connectivity index (χ1n) is 5.49. The summed E-state index contributed by atoms with van der Waals surface area (Å²) in [4.78, 5) is 14.4. The van der Waals surface area contributed by atoms with Crippen molar-refractivity contribution in [3.05, 3.63) is 77.1 Å². The molecule has 3 nitrogen and oxygen atoms in total. The Bertz CT molecular complexity index is 585. The quantitative estimate of drug-likeness (QED) is 0.763. The van der Waals surface area contributed by atoms with Crippen LogP contribution in [0.4, 0.5) is 0 Å². The average molecular weight is 237 g/mol. The van der Waals surface area contributed by atoms with E-state index in [1.54, 1.807) is 18.2 Å². The van der Waals surface area contributed by atoms with Crippen LogP contribution in [0.3, 0.4) is 0 Å². The lowest BCUT2D eigenvalue weighted by atomic mass is 10.1. The highest BCUT2D eigenvalue weighted by Gasteiger charge is 2.10. The smallest absolute Gasteiger partial charge is 0.386 e. The molecule has 88 valence electrons. The second-order valence-electron chi connectivity index (χ2n) is 3.68. The number of hydrogen-bond donors (Lipinski definition) is 0. The largest absolute Gasteiger partial charge is 0.489 e. The molecular formula is C15H11NO2. The summed E-state index contributed by atoms with van der Waals surface area (Å²) in [5, 5.41) is 0. The van der Waals surface area contributed by atoms with Gasteiger partial charge in [-0.05, 0) is 17.7 Å².